The lowest BCUT2D eigenvalue weighted by molar-refractivity contribution is 0.102. The standard InChI is InChI=1S/C14H11N7O2S2/c1-6-3-8-10(4-9(6)24-2)25-14-15-5-7(12(23)21(8)14)11(22)16-13-17-19-20-18-13/h3-5H,1-2H3,(H2,16,17,18,19,20,22). The van der Waals surface area contributed by atoms with E-state index in [1.54, 1.807) is 11.8 Å². The Balaban J connectivity index is 1.89. The second-order valence-corrected chi connectivity index (χ2v) is 7.03. The zero-order valence-corrected chi connectivity index (χ0v) is 14.7. The van der Waals surface area contributed by atoms with Crippen molar-refractivity contribution in [3.63, 3.8) is 0 Å². The normalized spacial score (nSPS) is 11.3. The van der Waals surface area contributed by atoms with Crippen molar-refractivity contribution in [2.75, 3.05) is 11.6 Å². The lowest BCUT2D eigenvalue weighted by Gasteiger charge is -2.03. The molecule has 25 heavy (non-hydrogen) atoms. The number of rotatable bonds is 3. The van der Waals surface area contributed by atoms with E-state index in [1.165, 1.54) is 21.9 Å². The van der Waals surface area contributed by atoms with Gasteiger partial charge >= 0.3 is 0 Å². The van der Waals surface area contributed by atoms with Gasteiger partial charge in [-0.1, -0.05) is 16.4 Å². The number of aromatic nitrogens is 6. The van der Waals surface area contributed by atoms with Gasteiger partial charge in [-0.15, -0.1) is 16.9 Å². The number of nitrogens with zero attached hydrogens (tertiary/aromatic N) is 5. The molecule has 0 aliphatic carbocycles. The molecular formula is C14H11N7O2S2. The predicted molar refractivity (Wildman–Crippen MR) is 95.5 cm³/mol. The third-order valence-corrected chi connectivity index (χ3v) is 5.56. The molecule has 3 aromatic heterocycles. The highest BCUT2D eigenvalue weighted by atomic mass is 32.2. The minimum absolute atomic E-state index is 0.00914. The number of anilines is 1. The molecule has 0 aliphatic rings. The van der Waals surface area contributed by atoms with Gasteiger partial charge in [0.25, 0.3) is 17.4 Å². The van der Waals surface area contributed by atoms with Crippen LogP contribution in [0, 0.1) is 6.92 Å². The monoisotopic (exact) mass is 373 g/mol. The summed E-state index contributed by atoms with van der Waals surface area (Å²) in [5, 5.41) is 15.2. The van der Waals surface area contributed by atoms with Gasteiger partial charge in [-0.3, -0.25) is 19.3 Å². The first kappa shape index (κ1) is 15.7. The number of aromatic amines is 1. The smallest absolute Gasteiger partial charge is 0.271 e. The third kappa shape index (κ3) is 2.57. The van der Waals surface area contributed by atoms with Crippen molar-refractivity contribution >= 4 is 50.1 Å². The molecule has 4 aromatic rings. The summed E-state index contributed by atoms with van der Waals surface area (Å²) in [5.41, 5.74) is 1.28. The molecule has 0 saturated carbocycles. The minimum Gasteiger partial charge on any atom is -0.288 e. The second kappa shape index (κ2) is 5.93. The first-order chi connectivity index (χ1) is 12.1. The number of nitrogens with one attached hydrogen (secondary N) is 2. The molecule has 0 unspecified atom stereocenters. The van der Waals surface area contributed by atoms with Crippen LogP contribution in [0.15, 0.2) is 28.0 Å². The molecule has 126 valence electrons. The van der Waals surface area contributed by atoms with Crippen molar-refractivity contribution < 1.29 is 4.79 Å². The van der Waals surface area contributed by atoms with Gasteiger partial charge in [0.1, 0.15) is 5.56 Å². The van der Waals surface area contributed by atoms with E-state index in [9.17, 15) is 9.59 Å². The van der Waals surface area contributed by atoms with Gasteiger partial charge < -0.3 is 0 Å². The molecule has 0 fully saturated rings. The maximum absolute atomic E-state index is 12.8. The summed E-state index contributed by atoms with van der Waals surface area (Å²) >= 11 is 3.05. The number of H-pyrrole nitrogens is 1. The van der Waals surface area contributed by atoms with Crippen molar-refractivity contribution in [3.05, 3.63) is 39.8 Å². The fourth-order valence-corrected chi connectivity index (χ4v) is 4.19. The summed E-state index contributed by atoms with van der Waals surface area (Å²) in [6.45, 7) is 1.99. The zero-order valence-electron chi connectivity index (χ0n) is 13.1. The van der Waals surface area contributed by atoms with Crippen LogP contribution in [0.25, 0.3) is 15.2 Å². The number of fused-ring (bicyclic) bond motifs is 3. The van der Waals surface area contributed by atoms with Gasteiger partial charge in [-0.2, -0.15) is 5.21 Å². The van der Waals surface area contributed by atoms with E-state index < -0.39 is 11.5 Å². The number of thiazole rings is 1. The molecule has 0 spiro atoms. The maximum atomic E-state index is 12.8. The Morgan fingerprint density at radius 2 is 2.24 bits per heavy atom. The van der Waals surface area contributed by atoms with Crippen molar-refractivity contribution in [1.82, 2.24) is 30.0 Å². The van der Waals surface area contributed by atoms with E-state index in [4.69, 9.17) is 0 Å². The van der Waals surface area contributed by atoms with E-state index in [-0.39, 0.29) is 11.5 Å². The number of aryl methyl sites for hydroxylation is 1. The number of tetrazole rings is 1. The second-order valence-electron chi connectivity index (χ2n) is 5.18. The molecule has 1 aromatic carbocycles. The predicted octanol–water partition coefficient (Wildman–Crippen LogP) is 1.70. The maximum Gasteiger partial charge on any atom is 0.271 e. The van der Waals surface area contributed by atoms with Crippen molar-refractivity contribution in [2.24, 2.45) is 0 Å². The highest BCUT2D eigenvalue weighted by molar-refractivity contribution is 7.98. The van der Waals surface area contributed by atoms with Crippen LogP contribution in [0.3, 0.4) is 0 Å². The van der Waals surface area contributed by atoms with Crippen molar-refractivity contribution in [1.29, 1.82) is 0 Å². The van der Waals surface area contributed by atoms with Crippen LogP contribution in [-0.4, -0.2) is 42.2 Å². The molecule has 4 rings (SSSR count). The molecule has 2 N–H and O–H groups in total. The lowest BCUT2D eigenvalue weighted by Crippen LogP contribution is -2.26. The number of thioether (sulfide) groups is 1. The molecule has 9 nitrogen and oxygen atoms in total. The minimum atomic E-state index is -0.634. The lowest BCUT2D eigenvalue weighted by atomic mass is 10.2. The first-order valence-electron chi connectivity index (χ1n) is 7.12. The largest absolute Gasteiger partial charge is 0.288 e. The van der Waals surface area contributed by atoms with E-state index >= 15 is 0 Å². The Morgan fingerprint density at radius 1 is 1.40 bits per heavy atom. The summed E-state index contributed by atoms with van der Waals surface area (Å²) in [7, 11) is 0. The molecule has 1 amide bonds. The number of carbonyl (C=O) groups is 1. The summed E-state index contributed by atoms with van der Waals surface area (Å²) in [4.78, 5) is 31.1. The molecular weight excluding hydrogens is 362 g/mol. The first-order valence-corrected chi connectivity index (χ1v) is 9.16. The summed E-state index contributed by atoms with van der Waals surface area (Å²) in [6.07, 6.45) is 3.27. The van der Waals surface area contributed by atoms with Gasteiger partial charge in [-0.25, -0.2) is 4.98 Å². The van der Waals surface area contributed by atoms with Crippen LogP contribution in [-0.2, 0) is 0 Å². The van der Waals surface area contributed by atoms with Crippen LogP contribution < -0.4 is 10.9 Å². The molecule has 0 atom stereocenters. The zero-order chi connectivity index (χ0) is 17.6. The van der Waals surface area contributed by atoms with Gasteiger partial charge in [-0.05, 0) is 36.1 Å². The van der Waals surface area contributed by atoms with Crippen LogP contribution >= 0.6 is 23.1 Å². The van der Waals surface area contributed by atoms with Crippen LogP contribution in [0.1, 0.15) is 15.9 Å². The van der Waals surface area contributed by atoms with E-state index in [1.807, 2.05) is 25.3 Å². The van der Waals surface area contributed by atoms with Gasteiger partial charge in [0, 0.05) is 11.1 Å². The SMILES string of the molecule is CSc1cc2sc3ncc(C(=O)Nc4nn[nH]n4)c(=O)n3c2cc1C. The topological polar surface area (TPSA) is 118 Å². The summed E-state index contributed by atoms with van der Waals surface area (Å²) in [5.74, 6) is -0.643. The fourth-order valence-electron chi connectivity index (χ4n) is 2.49. The van der Waals surface area contributed by atoms with Gasteiger partial charge in [0.2, 0.25) is 0 Å². The van der Waals surface area contributed by atoms with Gasteiger partial charge in [0.15, 0.2) is 4.96 Å². The van der Waals surface area contributed by atoms with Gasteiger partial charge in [0.05, 0.1) is 10.2 Å². The Morgan fingerprint density at radius 3 is 2.96 bits per heavy atom. The number of hydrogen-bond donors (Lipinski definition) is 2. The number of amides is 1. The average Bonchev–Trinajstić information content (AvgIpc) is 3.21. The number of carbonyl (C=O) groups excluding carboxylic acids is 1. The summed E-state index contributed by atoms with van der Waals surface area (Å²) in [6, 6.07) is 3.97. The molecule has 11 heteroatoms. The van der Waals surface area contributed by atoms with E-state index in [0.717, 1.165) is 20.7 Å². The quantitative estimate of drug-likeness (QED) is 0.525. The molecule has 0 saturated heterocycles. The van der Waals surface area contributed by atoms with E-state index in [0.29, 0.717) is 4.96 Å². The highest BCUT2D eigenvalue weighted by Gasteiger charge is 2.18. The average molecular weight is 373 g/mol. The van der Waals surface area contributed by atoms with Crippen LogP contribution in [0.5, 0.6) is 0 Å². The molecule has 0 radical (unpaired) electrons. The highest BCUT2D eigenvalue weighted by Crippen LogP contribution is 2.30. The molecule has 3 heterocycles. The Hall–Kier alpha value is -2.79. The fraction of sp³-hybridized carbons (Fsp3) is 0.143. The number of hydrogen-bond acceptors (Lipinski definition) is 8. The number of benzene rings is 1. The Bertz CT molecular complexity index is 1160. The molecule has 0 bridgehead atoms. The van der Waals surface area contributed by atoms with Crippen LogP contribution in [0.2, 0.25) is 0 Å². The third-order valence-electron chi connectivity index (χ3n) is 3.66. The summed E-state index contributed by atoms with van der Waals surface area (Å²) < 4.78 is 2.40. The molecule has 0 aliphatic heterocycles. The van der Waals surface area contributed by atoms with Crippen molar-refractivity contribution in [3.8, 4) is 0 Å². The van der Waals surface area contributed by atoms with Crippen LogP contribution in [0.4, 0.5) is 5.95 Å². The van der Waals surface area contributed by atoms with Crippen molar-refractivity contribution in [2.45, 2.75) is 11.8 Å². The Labute approximate surface area is 148 Å². The van der Waals surface area contributed by atoms with E-state index in [2.05, 4.69) is 30.9 Å². The Kier molecular flexibility index (Phi) is 3.73.